The number of carbonyl (C=O) groups excluding carboxylic acids is 2. The first-order valence-corrected chi connectivity index (χ1v) is 7.49. The maximum absolute atomic E-state index is 12.4. The number of carbonyl (C=O) groups is 2. The number of amides is 2. The van der Waals surface area contributed by atoms with Gasteiger partial charge in [-0.1, -0.05) is 6.07 Å². The van der Waals surface area contributed by atoms with Gasteiger partial charge in [0.25, 0.3) is 0 Å². The van der Waals surface area contributed by atoms with E-state index in [0.29, 0.717) is 18.8 Å². The third-order valence-electron chi connectivity index (χ3n) is 3.35. The fourth-order valence-corrected chi connectivity index (χ4v) is 2.33. The number of rotatable bonds is 2. The lowest BCUT2D eigenvalue weighted by atomic mass is 10.2. The molecule has 1 fully saturated rings. The molecule has 6 heteroatoms. The lowest BCUT2D eigenvalue weighted by Crippen LogP contribution is -2.45. The molecule has 1 atom stereocenters. The van der Waals surface area contributed by atoms with E-state index in [2.05, 4.69) is 10.3 Å². The first-order chi connectivity index (χ1) is 10.3. The second-order valence-corrected chi connectivity index (χ2v) is 6.54. The Bertz CT molecular complexity index is 549. The molecule has 22 heavy (non-hydrogen) atoms. The van der Waals surface area contributed by atoms with Crippen LogP contribution in [0.15, 0.2) is 18.3 Å². The summed E-state index contributed by atoms with van der Waals surface area (Å²) in [5.41, 5.74) is 0.452. The molecule has 0 aliphatic carbocycles. The average molecular weight is 305 g/mol. The van der Waals surface area contributed by atoms with Crippen molar-refractivity contribution < 1.29 is 14.3 Å². The second kappa shape index (κ2) is 6.34. The number of anilines is 1. The summed E-state index contributed by atoms with van der Waals surface area (Å²) >= 11 is 0. The fourth-order valence-electron chi connectivity index (χ4n) is 2.33. The van der Waals surface area contributed by atoms with E-state index in [4.69, 9.17) is 4.74 Å². The molecule has 120 valence electrons. The Morgan fingerprint density at radius 3 is 2.68 bits per heavy atom. The van der Waals surface area contributed by atoms with Crippen LogP contribution in [0.5, 0.6) is 0 Å². The van der Waals surface area contributed by atoms with Crippen LogP contribution in [0.2, 0.25) is 0 Å². The molecule has 1 aliphatic rings. The van der Waals surface area contributed by atoms with Crippen LogP contribution in [-0.4, -0.2) is 40.1 Å². The van der Waals surface area contributed by atoms with E-state index < -0.39 is 17.7 Å². The summed E-state index contributed by atoms with van der Waals surface area (Å²) < 4.78 is 5.36. The number of aromatic nitrogens is 1. The van der Waals surface area contributed by atoms with Crippen molar-refractivity contribution in [1.82, 2.24) is 9.88 Å². The molecule has 1 N–H and O–H groups in total. The van der Waals surface area contributed by atoms with Crippen LogP contribution in [0.25, 0.3) is 0 Å². The summed E-state index contributed by atoms with van der Waals surface area (Å²) in [6.07, 6.45) is 2.67. The van der Waals surface area contributed by atoms with E-state index in [0.717, 1.165) is 12.0 Å². The standard InChI is InChI=1S/C16H23N3O3/c1-11-7-8-13(17-10-11)18-14(20)12-6-5-9-19(12)15(21)22-16(2,3)4/h7-8,10,12H,5-6,9H2,1-4H3,(H,17,18,20). The molecule has 6 nitrogen and oxygen atoms in total. The molecule has 2 heterocycles. The first-order valence-electron chi connectivity index (χ1n) is 7.49. The molecular weight excluding hydrogens is 282 g/mol. The van der Waals surface area contributed by atoms with Crippen molar-refractivity contribution in [2.75, 3.05) is 11.9 Å². The molecule has 0 aromatic carbocycles. The highest BCUT2D eigenvalue weighted by atomic mass is 16.6. The van der Waals surface area contributed by atoms with Crippen molar-refractivity contribution in [2.45, 2.75) is 52.2 Å². The fraction of sp³-hybridized carbons (Fsp3) is 0.562. The molecule has 1 aromatic rings. The number of aryl methyl sites for hydroxylation is 1. The monoisotopic (exact) mass is 305 g/mol. The van der Waals surface area contributed by atoms with Crippen molar-refractivity contribution in [3.05, 3.63) is 23.9 Å². The molecular formula is C16H23N3O3. The maximum Gasteiger partial charge on any atom is 0.410 e. The summed E-state index contributed by atoms with van der Waals surface area (Å²) in [6.45, 7) is 7.90. The number of nitrogens with one attached hydrogen (secondary N) is 1. The van der Waals surface area contributed by atoms with Crippen molar-refractivity contribution in [1.29, 1.82) is 0 Å². The highest BCUT2D eigenvalue weighted by molar-refractivity contribution is 5.96. The largest absolute Gasteiger partial charge is 0.444 e. The Morgan fingerprint density at radius 2 is 2.09 bits per heavy atom. The Kier molecular flexibility index (Phi) is 4.68. The minimum Gasteiger partial charge on any atom is -0.444 e. The predicted octanol–water partition coefficient (Wildman–Crippen LogP) is 2.73. The lowest BCUT2D eigenvalue weighted by molar-refractivity contribution is -0.120. The summed E-state index contributed by atoms with van der Waals surface area (Å²) in [7, 11) is 0. The van der Waals surface area contributed by atoms with Crippen molar-refractivity contribution >= 4 is 17.8 Å². The zero-order valence-electron chi connectivity index (χ0n) is 13.5. The number of ether oxygens (including phenoxy) is 1. The van der Waals surface area contributed by atoms with Gasteiger partial charge in [0, 0.05) is 12.7 Å². The van der Waals surface area contributed by atoms with E-state index in [1.54, 1.807) is 12.3 Å². The van der Waals surface area contributed by atoms with Crippen LogP contribution in [0, 0.1) is 6.92 Å². The maximum atomic E-state index is 12.4. The van der Waals surface area contributed by atoms with Gasteiger partial charge in [-0.2, -0.15) is 0 Å². The third-order valence-corrected chi connectivity index (χ3v) is 3.35. The highest BCUT2D eigenvalue weighted by Crippen LogP contribution is 2.22. The van der Waals surface area contributed by atoms with Gasteiger partial charge >= 0.3 is 6.09 Å². The van der Waals surface area contributed by atoms with Crippen LogP contribution >= 0.6 is 0 Å². The number of hydrogen-bond acceptors (Lipinski definition) is 4. The Balaban J connectivity index is 2.01. The summed E-state index contributed by atoms with van der Waals surface area (Å²) in [5, 5.41) is 2.76. The van der Waals surface area contributed by atoms with Crippen LogP contribution in [0.1, 0.15) is 39.2 Å². The predicted molar refractivity (Wildman–Crippen MR) is 83.6 cm³/mol. The Morgan fingerprint density at radius 1 is 1.36 bits per heavy atom. The minimum absolute atomic E-state index is 0.222. The van der Waals surface area contributed by atoms with Gasteiger partial charge in [0.2, 0.25) is 5.91 Å². The van der Waals surface area contributed by atoms with Crippen molar-refractivity contribution in [3.8, 4) is 0 Å². The Hall–Kier alpha value is -2.11. The van der Waals surface area contributed by atoms with Gasteiger partial charge in [-0.25, -0.2) is 9.78 Å². The minimum atomic E-state index is -0.570. The molecule has 0 saturated carbocycles. The third kappa shape index (κ3) is 4.19. The SMILES string of the molecule is Cc1ccc(NC(=O)C2CCCN2C(=O)OC(C)(C)C)nc1. The molecule has 0 spiro atoms. The van der Waals surface area contributed by atoms with Gasteiger partial charge < -0.3 is 10.1 Å². The molecule has 0 radical (unpaired) electrons. The topological polar surface area (TPSA) is 71.5 Å². The van der Waals surface area contributed by atoms with Gasteiger partial charge in [-0.3, -0.25) is 9.69 Å². The summed E-state index contributed by atoms with van der Waals surface area (Å²) in [6, 6.07) is 3.13. The Labute approximate surface area is 130 Å². The van der Waals surface area contributed by atoms with Crippen molar-refractivity contribution in [2.24, 2.45) is 0 Å². The number of nitrogens with zero attached hydrogens (tertiary/aromatic N) is 2. The summed E-state index contributed by atoms with van der Waals surface area (Å²) in [5.74, 6) is 0.270. The molecule has 1 saturated heterocycles. The van der Waals surface area contributed by atoms with Gasteiger partial charge in [0.15, 0.2) is 0 Å². The van der Waals surface area contributed by atoms with Crippen LogP contribution < -0.4 is 5.32 Å². The molecule has 2 amide bonds. The zero-order valence-corrected chi connectivity index (χ0v) is 13.5. The molecule has 1 unspecified atom stereocenters. The first kappa shape index (κ1) is 16.3. The smallest absolute Gasteiger partial charge is 0.410 e. The van der Waals surface area contributed by atoms with Gasteiger partial charge in [-0.05, 0) is 52.2 Å². The normalized spacial score (nSPS) is 18.2. The van der Waals surface area contributed by atoms with Gasteiger partial charge in [0.1, 0.15) is 17.5 Å². The molecule has 2 rings (SSSR count). The van der Waals surface area contributed by atoms with E-state index in [1.165, 1.54) is 4.90 Å². The van der Waals surface area contributed by atoms with Gasteiger partial charge in [-0.15, -0.1) is 0 Å². The van der Waals surface area contributed by atoms with Gasteiger partial charge in [0.05, 0.1) is 0 Å². The quantitative estimate of drug-likeness (QED) is 0.912. The van der Waals surface area contributed by atoms with Crippen LogP contribution in [0.4, 0.5) is 10.6 Å². The van der Waals surface area contributed by atoms with Crippen molar-refractivity contribution in [3.63, 3.8) is 0 Å². The number of hydrogen-bond donors (Lipinski definition) is 1. The van der Waals surface area contributed by atoms with E-state index in [9.17, 15) is 9.59 Å². The second-order valence-electron chi connectivity index (χ2n) is 6.54. The number of pyridine rings is 1. The highest BCUT2D eigenvalue weighted by Gasteiger charge is 2.36. The van der Waals surface area contributed by atoms with E-state index in [1.807, 2.05) is 33.8 Å². The molecule has 1 aromatic heterocycles. The van der Waals surface area contributed by atoms with Crippen LogP contribution in [0.3, 0.4) is 0 Å². The lowest BCUT2D eigenvalue weighted by Gasteiger charge is -2.27. The van der Waals surface area contributed by atoms with Crippen LogP contribution in [-0.2, 0) is 9.53 Å². The van der Waals surface area contributed by atoms with E-state index in [-0.39, 0.29) is 5.91 Å². The molecule has 1 aliphatic heterocycles. The zero-order chi connectivity index (χ0) is 16.3. The average Bonchev–Trinajstić information content (AvgIpc) is 2.89. The molecule has 0 bridgehead atoms. The van der Waals surface area contributed by atoms with E-state index >= 15 is 0 Å². The number of likely N-dealkylation sites (tertiary alicyclic amines) is 1. The summed E-state index contributed by atoms with van der Waals surface area (Å²) in [4.78, 5) is 30.2.